The molecule has 0 bridgehead atoms. The summed E-state index contributed by atoms with van der Waals surface area (Å²) in [5.41, 5.74) is 1.95. The fourth-order valence-electron chi connectivity index (χ4n) is 2.88. The van der Waals surface area contributed by atoms with Gasteiger partial charge >= 0.3 is 4.87 Å². The van der Waals surface area contributed by atoms with E-state index in [-0.39, 0.29) is 4.87 Å². The van der Waals surface area contributed by atoms with E-state index in [1.165, 1.54) is 11.3 Å². The Hall–Kier alpha value is -2.38. The van der Waals surface area contributed by atoms with E-state index in [9.17, 15) is 4.79 Å². The van der Waals surface area contributed by atoms with Gasteiger partial charge in [-0.2, -0.15) is 0 Å². The van der Waals surface area contributed by atoms with E-state index in [1.807, 2.05) is 54.6 Å². The van der Waals surface area contributed by atoms with Gasteiger partial charge in [-0.25, -0.2) is 0 Å². The standard InChI is InChI=1S/C20H20N4OS2/c1-3-14(2)26-19-22-21-18(24(19)15-9-5-4-6-10-15)13-23-16-11-7-8-12-17(16)27-20(23)25/h4-12,14H,3,13H2,1-2H3/t14-/m1/s1. The van der Waals surface area contributed by atoms with Crippen molar-refractivity contribution in [1.29, 1.82) is 0 Å². The Morgan fingerprint density at radius 2 is 1.81 bits per heavy atom. The number of hydrogen-bond donors (Lipinski definition) is 0. The van der Waals surface area contributed by atoms with Crippen LogP contribution in [0.15, 0.2) is 64.5 Å². The lowest BCUT2D eigenvalue weighted by atomic mass is 10.3. The van der Waals surface area contributed by atoms with Gasteiger partial charge in [0.15, 0.2) is 11.0 Å². The van der Waals surface area contributed by atoms with Crippen LogP contribution in [0.5, 0.6) is 0 Å². The van der Waals surface area contributed by atoms with Crippen LogP contribution in [0.25, 0.3) is 15.9 Å². The summed E-state index contributed by atoms with van der Waals surface area (Å²) in [5.74, 6) is 0.762. The lowest BCUT2D eigenvalue weighted by Crippen LogP contribution is -2.17. The average molecular weight is 397 g/mol. The number of rotatable bonds is 6. The first-order chi connectivity index (χ1) is 13.2. The monoisotopic (exact) mass is 396 g/mol. The number of para-hydroxylation sites is 2. The van der Waals surface area contributed by atoms with Crippen molar-refractivity contribution in [3.8, 4) is 5.69 Å². The Labute approximate surface area is 165 Å². The van der Waals surface area contributed by atoms with Crippen molar-refractivity contribution in [1.82, 2.24) is 19.3 Å². The number of benzene rings is 2. The SMILES string of the molecule is CC[C@@H](C)Sc1nnc(Cn2c(=O)sc3ccccc32)n1-c1ccccc1. The summed E-state index contributed by atoms with van der Waals surface area (Å²) in [4.78, 5) is 12.6. The molecule has 5 nitrogen and oxygen atoms in total. The zero-order valence-electron chi connectivity index (χ0n) is 15.2. The Morgan fingerprint density at radius 1 is 1.07 bits per heavy atom. The second-order valence-electron chi connectivity index (χ2n) is 6.33. The summed E-state index contributed by atoms with van der Waals surface area (Å²) in [5, 5.41) is 10.2. The van der Waals surface area contributed by atoms with Crippen LogP contribution in [0.3, 0.4) is 0 Å². The molecule has 0 amide bonds. The summed E-state index contributed by atoms with van der Waals surface area (Å²) < 4.78 is 4.83. The zero-order valence-corrected chi connectivity index (χ0v) is 16.8. The van der Waals surface area contributed by atoms with Crippen LogP contribution in [0.2, 0.25) is 0 Å². The van der Waals surface area contributed by atoms with Crippen molar-refractivity contribution < 1.29 is 0 Å². The van der Waals surface area contributed by atoms with Crippen LogP contribution >= 0.6 is 23.1 Å². The second kappa shape index (κ2) is 7.70. The molecule has 0 fully saturated rings. The minimum atomic E-state index is 0.0231. The first kappa shape index (κ1) is 18.0. The molecule has 0 aliphatic carbocycles. The van der Waals surface area contributed by atoms with E-state index in [0.29, 0.717) is 11.8 Å². The molecule has 2 aromatic carbocycles. The maximum Gasteiger partial charge on any atom is 0.308 e. The summed E-state index contributed by atoms with van der Waals surface area (Å²) in [7, 11) is 0. The summed E-state index contributed by atoms with van der Waals surface area (Å²) >= 11 is 2.98. The largest absolute Gasteiger partial charge is 0.308 e. The number of nitrogens with zero attached hydrogens (tertiary/aromatic N) is 4. The lowest BCUT2D eigenvalue weighted by molar-refractivity contribution is 0.725. The van der Waals surface area contributed by atoms with Gasteiger partial charge in [-0.3, -0.25) is 13.9 Å². The third-order valence-corrected chi connectivity index (χ3v) is 6.64. The molecule has 1 atom stereocenters. The van der Waals surface area contributed by atoms with Crippen molar-refractivity contribution in [2.24, 2.45) is 0 Å². The molecule has 0 spiro atoms. The van der Waals surface area contributed by atoms with Crippen LogP contribution < -0.4 is 4.87 Å². The molecule has 2 heterocycles. The molecule has 138 valence electrons. The Balaban J connectivity index is 1.81. The van der Waals surface area contributed by atoms with E-state index < -0.39 is 0 Å². The molecule has 2 aromatic heterocycles. The van der Waals surface area contributed by atoms with Crippen molar-refractivity contribution in [2.75, 3.05) is 0 Å². The van der Waals surface area contributed by atoms with Gasteiger partial charge in [0, 0.05) is 10.9 Å². The van der Waals surface area contributed by atoms with Gasteiger partial charge in [-0.15, -0.1) is 10.2 Å². The molecule has 0 saturated heterocycles. The van der Waals surface area contributed by atoms with Gasteiger partial charge < -0.3 is 0 Å². The molecule has 0 aliphatic rings. The van der Waals surface area contributed by atoms with Crippen molar-refractivity contribution >= 4 is 33.3 Å². The van der Waals surface area contributed by atoms with Gasteiger partial charge in [-0.05, 0) is 30.7 Å². The fourth-order valence-corrected chi connectivity index (χ4v) is 4.71. The van der Waals surface area contributed by atoms with Gasteiger partial charge in [-0.1, -0.05) is 67.3 Å². The number of aromatic nitrogens is 4. The van der Waals surface area contributed by atoms with Crippen LogP contribution in [0.1, 0.15) is 26.1 Å². The highest BCUT2D eigenvalue weighted by Crippen LogP contribution is 2.27. The zero-order chi connectivity index (χ0) is 18.8. The van der Waals surface area contributed by atoms with E-state index >= 15 is 0 Å². The molecular weight excluding hydrogens is 376 g/mol. The lowest BCUT2D eigenvalue weighted by Gasteiger charge is -2.12. The molecule has 0 aliphatic heterocycles. The molecule has 0 radical (unpaired) electrons. The average Bonchev–Trinajstić information content (AvgIpc) is 3.23. The summed E-state index contributed by atoms with van der Waals surface area (Å²) in [6.07, 6.45) is 1.05. The van der Waals surface area contributed by atoms with Crippen LogP contribution in [-0.4, -0.2) is 24.6 Å². The summed E-state index contributed by atoms with van der Waals surface area (Å²) in [6, 6.07) is 17.9. The summed E-state index contributed by atoms with van der Waals surface area (Å²) in [6.45, 7) is 4.75. The van der Waals surface area contributed by atoms with Gasteiger partial charge in [0.25, 0.3) is 0 Å². The fraction of sp³-hybridized carbons (Fsp3) is 0.250. The smallest absolute Gasteiger partial charge is 0.291 e. The molecule has 0 saturated carbocycles. The first-order valence-electron chi connectivity index (χ1n) is 8.92. The minimum absolute atomic E-state index is 0.0231. The van der Waals surface area contributed by atoms with E-state index in [1.54, 1.807) is 16.3 Å². The van der Waals surface area contributed by atoms with Crippen molar-refractivity contribution in [3.05, 3.63) is 70.1 Å². The highest BCUT2D eigenvalue weighted by molar-refractivity contribution is 7.99. The minimum Gasteiger partial charge on any atom is -0.291 e. The number of thioether (sulfide) groups is 1. The molecular formula is C20H20N4OS2. The predicted molar refractivity (Wildman–Crippen MR) is 112 cm³/mol. The Bertz CT molecular complexity index is 1110. The van der Waals surface area contributed by atoms with Crippen molar-refractivity contribution in [3.63, 3.8) is 0 Å². The maximum absolute atomic E-state index is 12.5. The molecule has 7 heteroatoms. The van der Waals surface area contributed by atoms with Gasteiger partial charge in [0.2, 0.25) is 0 Å². The topological polar surface area (TPSA) is 52.7 Å². The molecule has 0 unspecified atom stereocenters. The highest BCUT2D eigenvalue weighted by Gasteiger charge is 2.18. The molecule has 0 N–H and O–H groups in total. The van der Waals surface area contributed by atoms with Crippen LogP contribution in [-0.2, 0) is 6.54 Å². The number of thiazole rings is 1. The van der Waals surface area contributed by atoms with E-state index in [2.05, 4.69) is 28.6 Å². The maximum atomic E-state index is 12.5. The van der Waals surface area contributed by atoms with Gasteiger partial charge in [0.05, 0.1) is 16.8 Å². The molecule has 27 heavy (non-hydrogen) atoms. The van der Waals surface area contributed by atoms with Crippen molar-refractivity contribution in [2.45, 2.75) is 37.2 Å². The number of hydrogen-bond acceptors (Lipinski definition) is 5. The number of fused-ring (bicyclic) bond motifs is 1. The third-order valence-electron chi connectivity index (χ3n) is 4.47. The Kier molecular flexibility index (Phi) is 5.13. The highest BCUT2D eigenvalue weighted by atomic mass is 32.2. The predicted octanol–water partition coefficient (Wildman–Crippen LogP) is 4.58. The van der Waals surface area contributed by atoms with Crippen LogP contribution in [0, 0.1) is 0 Å². The Morgan fingerprint density at radius 3 is 2.59 bits per heavy atom. The third kappa shape index (κ3) is 3.57. The van der Waals surface area contributed by atoms with E-state index in [0.717, 1.165) is 33.3 Å². The molecule has 4 aromatic rings. The normalized spacial score (nSPS) is 12.5. The molecule has 4 rings (SSSR count). The first-order valence-corrected chi connectivity index (χ1v) is 10.6. The quantitative estimate of drug-likeness (QED) is 0.448. The van der Waals surface area contributed by atoms with Gasteiger partial charge in [0.1, 0.15) is 0 Å². The second-order valence-corrected chi connectivity index (χ2v) is 8.73. The van der Waals surface area contributed by atoms with E-state index in [4.69, 9.17) is 0 Å². The van der Waals surface area contributed by atoms with Crippen LogP contribution in [0.4, 0.5) is 0 Å².